The van der Waals surface area contributed by atoms with Crippen molar-refractivity contribution in [2.24, 2.45) is 5.92 Å². The van der Waals surface area contributed by atoms with Gasteiger partial charge < -0.3 is 10.1 Å². The van der Waals surface area contributed by atoms with E-state index in [9.17, 15) is 0 Å². The topological polar surface area (TPSA) is 21.3 Å². The summed E-state index contributed by atoms with van der Waals surface area (Å²) in [5.74, 6) is 1.29. The minimum absolute atomic E-state index is 0.590. The summed E-state index contributed by atoms with van der Waals surface area (Å²) in [5.41, 5.74) is 0. The quantitative estimate of drug-likeness (QED) is 0.790. The maximum Gasteiger partial charge on any atom is 0.139 e. The maximum absolute atomic E-state index is 5.96. The molecule has 0 bridgehead atoms. The third-order valence-corrected chi connectivity index (χ3v) is 2.53. The molecule has 0 radical (unpaired) electrons. The molecule has 1 aromatic carbocycles. The number of ether oxygens (including phenoxy) is 1. The van der Waals surface area contributed by atoms with E-state index in [-0.39, 0.29) is 0 Å². The molecule has 0 aliphatic heterocycles. The van der Waals surface area contributed by atoms with Crippen molar-refractivity contribution >= 4 is 23.2 Å². The Morgan fingerprint density at radius 2 is 2.06 bits per heavy atom. The van der Waals surface area contributed by atoms with E-state index in [1.165, 1.54) is 0 Å². The van der Waals surface area contributed by atoms with Gasteiger partial charge in [-0.2, -0.15) is 0 Å². The molecule has 0 heterocycles. The fourth-order valence-electron chi connectivity index (χ4n) is 1.21. The lowest BCUT2D eigenvalue weighted by molar-refractivity contribution is 0.311. The number of hydrogen-bond acceptors (Lipinski definition) is 2. The fourth-order valence-corrected chi connectivity index (χ4v) is 1.55. The molecule has 0 saturated heterocycles. The van der Waals surface area contributed by atoms with Gasteiger partial charge in [-0.3, -0.25) is 0 Å². The first kappa shape index (κ1) is 13.6. The van der Waals surface area contributed by atoms with E-state index in [0.29, 0.717) is 28.3 Å². The van der Waals surface area contributed by atoms with Crippen molar-refractivity contribution in [2.75, 3.05) is 19.7 Å². The highest BCUT2D eigenvalue weighted by Crippen LogP contribution is 2.27. The Labute approximate surface area is 107 Å². The second kappa shape index (κ2) is 7.00. The first-order valence-corrected chi connectivity index (χ1v) is 6.13. The van der Waals surface area contributed by atoms with E-state index in [1.54, 1.807) is 18.2 Å². The van der Waals surface area contributed by atoms with Crippen LogP contribution in [0.5, 0.6) is 5.75 Å². The smallest absolute Gasteiger partial charge is 0.139 e. The zero-order valence-corrected chi connectivity index (χ0v) is 11.1. The van der Waals surface area contributed by atoms with Crippen LogP contribution in [0.4, 0.5) is 0 Å². The van der Waals surface area contributed by atoms with Crippen molar-refractivity contribution in [3.8, 4) is 5.75 Å². The lowest BCUT2D eigenvalue weighted by atomic mass is 10.2. The summed E-state index contributed by atoms with van der Waals surface area (Å²) in [4.78, 5) is 0. The first-order valence-electron chi connectivity index (χ1n) is 5.38. The molecule has 0 saturated carbocycles. The van der Waals surface area contributed by atoms with Gasteiger partial charge in [-0.05, 0) is 24.6 Å². The normalized spacial score (nSPS) is 10.8. The summed E-state index contributed by atoms with van der Waals surface area (Å²) in [6, 6.07) is 5.21. The molecule has 2 nitrogen and oxygen atoms in total. The molecule has 0 unspecified atom stereocenters. The van der Waals surface area contributed by atoms with E-state index < -0.39 is 0 Å². The number of rotatable bonds is 6. The number of halogens is 2. The fraction of sp³-hybridized carbons (Fsp3) is 0.500. The molecule has 0 atom stereocenters. The van der Waals surface area contributed by atoms with Crippen molar-refractivity contribution in [2.45, 2.75) is 13.8 Å². The van der Waals surface area contributed by atoms with Crippen molar-refractivity contribution in [1.29, 1.82) is 0 Å². The van der Waals surface area contributed by atoms with E-state index in [4.69, 9.17) is 27.9 Å². The largest absolute Gasteiger partial charge is 0.491 e. The molecule has 0 amide bonds. The van der Waals surface area contributed by atoms with Crippen LogP contribution in [0, 0.1) is 5.92 Å². The lowest BCUT2D eigenvalue weighted by Gasteiger charge is -2.10. The molecule has 1 aromatic rings. The third-order valence-electron chi connectivity index (χ3n) is 1.98. The van der Waals surface area contributed by atoms with Crippen LogP contribution in [0.3, 0.4) is 0 Å². The molecule has 90 valence electrons. The molecule has 1 N–H and O–H groups in total. The SMILES string of the molecule is CC(C)CNCCOc1cc(Cl)ccc1Cl. The van der Waals surface area contributed by atoms with Crippen LogP contribution in [0.2, 0.25) is 10.0 Å². The summed E-state index contributed by atoms with van der Waals surface area (Å²) in [6.07, 6.45) is 0. The molecule has 1 rings (SSSR count). The van der Waals surface area contributed by atoms with Crippen LogP contribution < -0.4 is 10.1 Å². The second-order valence-electron chi connectivity index (χ2n) is 4.02. The minimum Gasteiger partial charge on any atom is -0.491 e. The van der Waals surface area contributed by atoms with Gasteiger partial charge in [0.05, 0.1) is 5.02 Å². The monoisotopic (exact) mass is 261 g/mol. The van der Waals surface area contributed by atoms with Gasteiger partial charge in [0.25, 0.3) is 0 Å². The van der Waals surface area contributed by atoms with Gasteiger partial charge in [0.15, 0.2) is 0 Å². The van der Waals surface area contributed by atoms with E-state index in [0.717, 1.165) is 13.1 Å². The van der Waals surface area contributed by atoms with Gasteiger partial charge in [0, 0.05) is 17.6 Å². The highest BCUT2D eigenvalue weighted by Gasteiger charge is 2.02. The van der Waals surface area contributed by atoms with Crippen molar-refractivity contribution < 1.29 is 4.74 Å². The molecule has 0 fully saturated rings. The summed E-state index contributed by atoms with van der Waals surface area (Å²) in [5, 5.41) is 4.51. The predicted octanol–water partition coefficient (Wildman–Crippen LogP) is 3.62. The average Bonchev–Trinajstić information content (AvgIpc) is 2.22. The summed E-state index contributed by atoms with van der Waals surface area (Å²) < 4.78 is 5.52. The number of nitrogens with one attached hydrogen (secondary N) is 1. The van der Waals surface area contributed by atoms with Gasteiger partial charge in [-0.15, -0.1) is 0 Å². The third kappa shape index (κ3) is 5.06. The molecule has 0 aliphatic rings. The first-order chi connectivity index (χ1) is 7.59. The summed E-state index contributed by atoms with van der Waals surface area (Å²) in [7, 11) is 0. The molecular weight excluding hydrogens is 245 g/mol. The molecule has 0 aromatic heterocycles. The van der Waals surface area contributed by atoms with Crippen LogP contribution >= 0.6 is 23.2 Å². The molecule has 0 aliphatic carbocycles. The highest BCUT2D eigenvalue weighted by molar-refractivity contribution is 6.34. The van der Waals surface area contributed by atoms with Gasteiger partial charge in [-0.1, -0.05) is 37.0 Å². The number of benzene rings is 1. The zero-order chi connectivity index (χ0) is 12.0. The Morgan fingerprint density at radius 3 is 2.75 bits per heavy atom. The molecule has 0 spiro atoms. The summed E-state index contributed by atoms with van der Waals surface area (Å²) in [6.45, 7) is 6.73. The van der Waals surface area contributed by atoms with Crippen LogP contribution in [-0.2, 0) is 0 Å². The lowest BCUT2D eigenvalue weighted by Crippen LogP contribution is -2.24. The average molecular weight is 262 g/mol. The van der Waals surface area contributed by atoms with E-state index in [2.05, 4.69) is 19.2 Å². The highest BCUT2D eigenvalue weighted by atomic mass is 35.5. The minimum atomic E-state index is 0.590. The Morgan fingerprint density at radius 1 is 1.31 bits per heavy atom. The van der Waals surface area contributed by atoms with E-state index >= 15 is 0 Å². The van der Waals surface area contributed by atoms with Gasteiger partial charge in [-0.25, -0.2) is 0 Å². The second-order valence-corrected chi connectivity index (χ2v) is 4.86. The van der Waals surface area contributed by atoms with Gasteiger partial charge >= 0.3 is 0 Å². The molecule has 4 heteroatoms. The predicted molar refractivity (Wildman–Crippen MR) is 69.7 cm³/mol. The Bertz CT molecular complexity index is 329. The van der Waals surface area contributed by atoms with Crippen molar-refractivity contribution in [3.63, 3.8) is 0 Å². The number of hydrogen-bond donors (Lipinski definition) is 1. The van der Waals surface area contributed by atoms with Crippen molar-refractivity contribution in [3.05, 3.63) is 28.2 Å². The Kier molecular flexibility index (Phi) is 5.96. The van der Waals surface area contributed by atoms with Crippen LogP contribution in [0.15, 0.2) is 18.2 Å². The van der Waals surface area contributed by atoms with Gasteiger partial charge in [0.2, 0.25) is 0 Å². The van der Waals surface area contributed by atoms with Crippen LogP contribution in [0.25, 0.3) is 0 Å². The Balaban J connectivity index is 2.29. The molecule has 16 heavy (non-hydrogen) atoms. The molecular formula is C12H17Cl2NO. The van der Waals surface area contributed by atoms with E-state index in [1.807, 2.05) is 0 Å². The Hall–Kier alpha value is -0.440. The van der Waals surface area contributed by atoms with Crippen LogP contribution in [-0.4, -0.2) is 19.7 Å². The van der Waals surface area contributed by atoms with Crippen LogP contribution in [0.1, 0.15) is 13.8 Å². The summed E-state index contributed by atoms with van der Waals surface area (Å²) >= 11 is 11.8. The van der Waals surface area contributed by atoms with Crippen molar-refractivity contribution in [1.82, 2.24) is 5.32 Å². The standard InChI is InChI=1S/C12H17Cl2NO/c1-9(2)8-15-5-6-16-12-7-10(13)3-4-11(12)14/h3-4,7,9,15H,5-6,8H2,1-2H3. The van der Waals surface area contributed by atoms with Gasteiger partial charge in [0.1, 0.15) is 12.4 Å². The maximum atomic E-state index is 5.96. The zero-order valence-electron chi connectivity index (χ0n) is 9.59.